The quantitative estimate of drug-likeness (QED) is 0.585. The van der Waals surface area contributed by atoms with Gasteiger partial charge in [-0.15, -0.1) is 0 Å². The topological polar surface area (TPSA) is 78.8 Å². The first-order valence-corrected chi connectivity index (χ1v) is 6.58. The lowest BCUT2D eigenvalue weighted by Gasteiger charge is -2.27. The molecule has 1 heterocycles. The van der Waals surface area contributed by atoms with Crippen LogP contribution < -0.4 is 10.1 Å². The highest BCUT2D eigenvalue weighted by Gasteiger charge is 2.29. The molecule has 1 amide bonds. The van der Waals surface area contributed by atoms with Gasteiger partial charge in [-0.25, -0.2) is 0 Å². The molecule has 1 aliphatic heterocycles. The van der Waals surface area contributed by atoms with Gasteiger partial charge in [-0.05, 0) is 17.7 Å². The van der Waals surface area contributed by atoms with E-state index in [-0.39, 0.29) is 29.7 Å². The number of phenolic OH excluding ortho intramolecular Hbond substituents is 2. The van der Waals surface area contributed by atoms with Crippen LogP contribution in [0.2, 0.25) is 0 Å². The number of aromatic hydroxyl groups is 2. The predicted molar refractivity (Wildman–Crippen MR) is 77.9 cm³/mol. The number of carbonyl (C=O) groups excluding carboxylic acids is 1. The number of phenols is 2. The molecular weight excluding hydrogens is 270 g/mol. The Kier molecular flexibility index (Phi) is 3.17. The van der Waals surface area contributed by atoms with Gasteiger partial charge in [-0.1, -0.05) is 18.2 Å². The predicted octanol–water partition coefficient (Wildman–Crippen LogP) is 2.58. The molecule has 0 saturated heterocycles. The van der Waals surface area contributed by atoms with E-state index < -0.39 is 0 Å². The third kappa shape index (κ3) is 2.27. The number of methoxy groups -OCH3 is 1. The Morgan fingerprint density at radius 1 is 1.14 bits per heavy atom. The molecule has 0 saturated carbocycles. The van der Waals surface area contributed by atoms with Crippen LogP contribution >= 0.6 is 0 Å². The maximum atomic E-state index is 11.9. The maximum absolute atomic E-state index is 11.9. The van der Waals surface area contributed by atoms with E-state index in [0.717, 1.165) is 11.1 Å². The lowest BCUT2D eigenvalue weighted by molar-refractivity contribution is -0.116. The molecule has 3 N–H and O–H groups in total. The van der Waals surface area contributed by atoms with E-state index in [4.69, 9.17) is 4.74 Å². The zero-order valence-corrected chi connectivity index (χ0v) is 11.5. The maximum Gasteiger partial charge on any atom is 0.225 e. The van der Waals surface area contributed by atoms with E-state index in [0.29, 0.717) is 11.4 Å². The van der Waals surface area contributed by atoms with Crippen molar-refractivity contribution in [2.75, 3.05) is 12.4 Å². The lowest BCUT2D eigenvalue weighted by Crippen LogP contribution is -2.23. The number of rotatable bonds is 2. The summed E-state index contributed by atoms with van der Waals surface area (Å²) in [6, 6.07) is 10.3. The monoisotopic (exact) mass is 285 g/mol. The molecule has 2 aromatic carbocycles. The summed E-state index contributed by atoms with van der Waals surface area (Å²) in [6.45, 7) is 0. The smallest absolute Gasteiger partial charge is 0.225 e. The SMILES string of the molecule is COc1ccccc1C1CC(=O)Nc2cc(O)c(O)cc21. The van der Waals surface area contributed by atoms with Crippen LogP contribution in [0.1, 0.15) is 23.5 Å². The molecule has 2 aromatic rings. The van der Waals surface area contributed by atoms with E-state index >= 15 is 0 Å². The fourth-order valence-electron chi connectivity index (χ4n) is 2.72. The highest BCUT2D eigenvalue weighted by molar-refractivity contribution is 5.96. The molecule has 1 unspecified atom stereocenters. The first-order chi connectivity index (χ1) is 10.1. The van der Waals surface area contributed by atoms with E-state index in [1.54, 1.807) is 7.11 Å². The van der Waals surface area contributed by atoms with Crippen molar-refractivity contribution in [2.24, 2.45) is 0 Å². The van der Waals surface area contributed by atoms with Gasteiger partial charge >= 0.3 is 0 Å². The Labute approximate surface area is 121 Å². The summed E-state index contributed by atoms with van der Waals surface area (Å²) >= 11 is 0. The second kappa shape index (κ2) is 5.01. The summed E-state index contributed by atoms with van der Waals surface area (Å²) in [5, 5.41) is 22.0. The molecule has 21 heavy (non-hydrogen) atoms. The van der Waals surface area contributed by atoms with E-state index in [1.165, 1.54) is 12.1 Å². The molecule has 5 heteroatoms. The average Bonchev–Trinajstić information content (AvgIpc) is 2.48. The van der Waals surface area contributed by atoms with Crippen LogP contribution in [0, 0.1) is 0 Å². The van der Waals surface area contributed by atoms with Crippen molar-refractivity contribution in [1.82, 2.24) is 0 Å². The number of nitrogens with one attached hydrogen (secondary N) is 1. The molecule has 0 fully saturated rings. The second-order valence-electron chi connectivity index (χ2n) is 4.98. The van der Waals surface area contributed by atoms with Gasteiger partial charge in [0.05, 0.1) is 7.11 Å². The molecule has 0 radical (unpaired) electrons. The largest absolute Gasteiger partial charge is 0.504 e. The molecule has 0 aromatic heterocycles. The summed E-state index contributed by atoms with van der Waals surface area (Å²) in [5.41, 5.74) is 2.15. The molecule has 0 bridgehead atoms. The van der Waals surface area contributed by atoms with Gasteiger partial charge in [-0.2, -0.15) is 0 Å². The van der Waals surface area contributed by atoms with E-state index in [9.17, 15) is 15.0 Å². The van der Waals surface area contributed by atoms with Gasteiger partial charge in [0.25, 0.3) is 0 Å². The third-order valence-electron chi connectivity index (χ3n) is 3.70. The Morgan fingerprint density at radius 3 is 2.62 bits per heavy atom. The number of fused-ring (bicyclic) bond motifs is 1. The minimum Gasteiger partial charge on any atom is -0.504 e. The zero-order chi connectivity index (χ0) is 15.0. The van der Waals surface area contributed by atoms with Gasteiger partial charge in [0.15, 0.2) is 11.5 Å². The summed E-state index contributed by atoms with van der Waals surface area (Å²) < 4.78 is 5.36. The number of amides is 1. The van der Waals surface area contributed by atoms with Crippen LogP contribution in [0.15, 0.2) is 36.4 Å². The van der Waals surface area contributed by atoms with Crippen molar-refractivity contribution in [1.29, 1.82) is 0 Å². The van der Waals surface area contributed by atoms with E-state index in [1.807, 2.05) is 24.3 Å². The Bertz CT molecular complexity index is 711. The van der Waals surface area contributed by atoms with Crippen molar-refractivity contribution < 1.29 is 19.7 Å². The van der Waals surface area contributed by atoms with Crippen LogP contribution in [0.5, 0.6) is 17.2 Å². The molecular formula is C16H15NO4. The van der Waals surface area contributed by atoms with Gasteiger partial charge in [0.2, 0.25) is 5.91 Å². The standard InChI is InChI=1S/C16H15NO4/c1-21-15-5-3-2-4-9(15)10-7-16(20)17-12-8-14(19)13(18)6-11(10)12/h2-6,8,10,18-19H,7H2,1H3,(H,17,20). The van der Waals surface area contributed by atoms with Gasteiger partial charge in [0.1, 0.15) is 5.75 Å². The minimum atomic E-state index is -0.255. The van der Waals surface area contributed by atoms with Crippen LogP contribution in [-0.2, 0) is 4.79 Å². The van der Waals surface area contributed by atoms with Crippen molar-refractivity contribution in [3.05, 3.63) is 47.5 Å². The van der Waals surface area contributed by atoms with Crippen molar-refractivity contribution in [3.63, 3.8) is 0 Å². The fraction of sp³-hybridized carbons (Fsp3) is 0.188. The molecule has 0 spiro atoms. The highest BCUT2D eigenvalue weighted by atomic mass is 16.5. The highest BCUT2D eigenvalue weighted by Crippen LogP contribution is 2.44. The van der Waals surface area contributed by atoms with Crippen LogP contribution in [0.4, 0.5) is 5.69 Å². The molecule has 5 nitrogen and oxygen atoms in total. The van der Waals surface area contributed by atoms with Gasteiger partial charge in [-0.3, -0.25) is 4.79 Å². The third-order valence-corrected chi connectivity index (χ3v) is 3.70. The van der Waals surface area contributed by atoms with Gasteiger partial charge in [0, 0.05) is 29.7 Å². The molecule has 108 valence electrons. The molecule has 1 atom stereocenters. The number of para-hydroxylation sites is 1. The fourth-order valence-corrected chi connectivity index (χ4v) is 2.72. The molecule has 1 aliphatic rings. The number of hydrogen-bond acceptors (Lipinski definition) is 4. The number of benzene rings is 2. The number of carbonyl (C=O) groups is 1. The van der Waals surface area contributed by atoms with Crippen LogP contribution in [0.25, 0.3) is 0 Å². The summed E-state index contributed by atoms with van der Waals surface area (Å²) in [7, 11) is 1.58. The normalized spacial score (nSPS) is 17.0. The average molecular weight is 285 g/mol. The number of ether oxygens (including phenoxy) is 1. The Hall–Kier alpha value is -2.69. The van der Waals surface area contributed by atoms with Crippen LogP contribution in [-0.4, -0.2) is 23.2 Å². The first-order valence-electron chi connectivity index (χ1n) is 6.58. The Morgan fingerprint density at radius 2 is 1.86 bits per heavy atom. The second-order valence-corrected chi connectivity index (χ2v) is 4.98. The summed E-state index contributed by atoms with van der Waals surface area (Å²) in [6.07, 6.45) is 0.261. The van der Waals surface area contributed by atoms with Crippen molar-refractivity contribution in [2.45, 2.75) is 12.3 Å². The van der Waals surface area contributed by atoms with Crippen molar-refractivity contribution >= 4 is 11.6 Å². The first kappa shape index (κ1) is 13.3. The molecule has 3 rings (SSSR count). The van der Waals surface area contributed by atoms with E-state index in [2.05, 4.69) is 5.32 Å². The minimum absolute atomic E-state index is 0.136. The van der Waals surface area contributed by atoms with Crippen LogP contribution in [0.3, 0.4) is 0 Å². The van der Waals surface area contributed by atoms with Gasteiger partial charge < -0.3 is 20.3 Å². The summed E-state index contributed by atoms with van der Waals surface area (Å²) in [5.74, 6) is -0.130. The zero-order valence-electron chi connectivity index (χ0n) is 11.5. The number of anilines is 1. The molecule has 0 aliphatic carbocycles. The number of hydrogen-bond donors (Lipinski definition) is 3. The Balaban J connectivity index is 2.17. The van der Waals surface area contributed by atoms with Crippen molar-refractivity contribution in [3.8, 4) is 17.2 Å². The lowest BCUT2D eigenvalue weighted by atomic mass is 9.84. The summed E-state index contributed by atoms with van der Waals surface area (Å²) in [4.78, 5) is 11.9.